The molecule has 1 unspecified atom stereocenters. The van der Waals surface area contributed by atoms with Gasteiger partial charge in [-0.2, -0.15) is 0 Å². The molecule has 0 saturated heterocycles. The normalized spacial score (nSPS) is 12.3. The minimum Gasteiger partial charge on any atom is -0.494 e. The second kappa shape index (κ2) is 7.46. The van der Waals surface area contributed by atoms with E-state index in [-0.39, 0.29) is 6.04 Å². The molecule has 0 fully saturated rings. The molecule has 0 bridgehead atoms. The lowest BCUT2D eigenvalue weighted by Gasteiger charge is -2.19. The molecule has 1 aromatic heterocycles. The predicted octanol–water partition coefficient (Wildman–Crippen LogP) is 4.54. The summed E-state index contributed by atoms with van der Waals surface area (Å²) < 4.78 is 5.75. The molecule has 0 aliphatic heterocycles. The van der Waals surface area contributed by atoms with Gasteiger partial charge < -0.3 is 10.1 Å². The number of hydrogen-bond acceptors (Lipinski definition) is 3. The van der Waals surface area contributed by atoms with E-state index in [9.17, 15) is 0 Å². The zero-order valence-electron chi connectivity index (χ0n) is 12.5. The molecule has 1 atom stereocenters. The van der Waals surface area contributed by atoms with E-state index in [0.29, 0.717) is 0 Å². The van der Waals surface area contributed by atoms with Gasteiger partial charge >= 0.3 is 0 Å². The lowest BCUT2D eigenvalue weighted by molar-refractivity contribution is 0.317. The summed E-state index contributed by atoms with van der Waals surface area (Å²) in [5.74, 6) is 0.958. The van der Waals surface area contributed by atoms with Gasteiger partial charge in [-0.25, -0.2) is 0 Å². The highest BCUT2D eigenvalue weighted by molar-refractivity contribution is 7.10. The van der Waals surface area contributed by atoms with Crippen LogP contribution in [0, 0.1) is 6.92 Å². The van der Waals surface area contributed by atoms with E-state index in [1.54, 1.807) is 11.3 Å². The summed E-state index contributed by atoms with van der Waals surface area (Å²) in [6, 6.07) is 10.9. The van der Waals surface area contributed by atoms with Gasteiger partial charge in [0.1, 0.15) is 5.75 Å². The fraction of sp³-hybridized carbons (Fsp3) is 0.412. The summed E-state index contributed by atoms with van der Waals surface area (Å²) in [6.45, 7) is 8.17. The Bertz CT molecular complexity index is 535. The third-order valence-electron chi connectivity index (χ3n) is 3.28. The molecule has 1 heterocycles. The number of aryl methyl sites for hydroxylation is 1. The van der Waals surface area contributed by atoms with Gasteiger partial charge in [-0.1, -0.05) is 26.0 Å². The van der Waals surface area contributed by atoms with Crippen molar-refractivity contribution >= 4 is 11.3 Å². The quantitative estimate of drug-likeness (QED) is 0.807. The van der Waals surface area contributed by atoms with Gasteiger partial charge in [-0.3, -0.25) is 0 Å². The van der Waals surface area contributed by atoms with Crippen molar-refractivity contribution in [3.05, 3.63) is 51.7 Å². The Hall–Kier alpha value is -1.32. The van der Waals surface area contributed by atoms with Gasteiger partial charge in [-0.05, 0) is 54.6 Å². The van der Waals surface area contributed by atoms with Crippen LogP contribution >= 0.6 is 11.3 Å². The molecule has 1 N–H and O–H groups in total. The molecule has 2 aromatic rings. The van der Waals surface area contributed by atoms with E-state index in [2.05, 4.69) is 55.7 Å². The summed E-state index contributed by atoms with van der Waals surface area (Å²) in [6.07, 6.45) is 1.03. The maximum Gasteiger partial charge on any atom is 0.119 e. The number of benzene rings is 1. The highest BCUT2D eigenvalue weighted by atomic mass is 32.1. The summed E-state index contributed by atoms with van der Waals surface area (Å²) in [5, 5.41) is 5.74. The molecule has 2 rings (SSSR count). The van der Waals surface area contributed by atoms with E-state index in [0.717, 1.165) is 25.3 Å². The molecule has 0 spiro atoms. The largest absolute Gasteiger partial charge is 0.494 e. The molecule has 1 aromatic carbocycles. The first-order valence-corrected chi connectivity index (χ1v) is 8.14. The zero-order chi connectivity index (χ0) is 14.4. The Labute approximate surface area is 125 Å². The molecular formula is C17H23NOS. The third-order valence-corrected chi connectivity index (χ3v) is 4.14. The summed E-state index contributed by atoms with van der Waals surface area (Å²) in [4.78, 5) is 1.37. The number of nitrogens with one attached hydrogen (secondary N) is 1. The smallest absolute Gasteiger partial charge is 0.119 e. The zero-order valence-corrected chi connectivity index (χ0v) is 13.3. The van der Waals surface area contributed by atoms with Crippen molar-refractivity contribution in [2.24, 2.45) is 0 Å². The minimum atomic E-state index is 0.247. The highest BCUT2D eigenvalue weighted by Crippen LogP contribution is 2.29. The molecule has 0 saturated carbocycles. The lowest BCUT2D eigenvalue weighted by atomic mass is 9.99. The molecule has 108 valence electrons. The summed E-state index contributed by atoms with van der Waals surface area (Å²) in [7, 11) is 0. The van der Waals surface area contributed by atoms with Gasteiger partial charge in [0.05, 0.1) is 12.6 Å². The van der Waals surface area contributed by atoms with Crippen molar-refractivity contribution in [1.29, 1.82) is 0 Å². The maximum absolute atomic E-state index is 5.75. The Balaban J connectivity index is 2.27. The third kappa shape index (κ3) is 3.62. The predicted molar refractivity (Wildman–Crippen MR) is 86.8 cm³/mol. The van der Waals surface area contributed by atoms with Crippen molar-refractivity contribution in [2.75, 3.05) is 13.2 Å². The number of thiophene rings is 1. The van der Waals surface area contributed by atoms with Crippen LogP contribution in [0.1, 0.15) is 42.3 Å². The first-order chi connectivity index (χ1) is 9.76. The molecule has 2 nitrogen and oxygen atoms in total. The molecule has 20 heavy (non-hydrogen) atoms. The molecule has 0 aliphatic rings. The first kappa shape index (κ1) is 15.1. The summed E-state index contributed by atoms with van der Waals surface area (Å²) >= 11 is 1.80. The van der Waals surface area contributed by atoms with E-state index >= 15 is 0 Å². The fourth-order valence-corrected chi connectivity index (χ4v) is 3.05. The van der Waals surface area contributed by atoms with Crippen molar-refractivity contribution in [2.45, 2.75) is 33.2 Å². The Morgan fingerprint density at radius 2 is 2.10 bits per heavy atom. The Kier molecular flexibility index (Phi) is 5.62. The van der Waals surface area contributed by atoms with Crippen molar-refractivity contribution in [1.82, 2.24) is 5.32 Å². The van der Waals surface area contributed by atoms with E-state index in [1.165, 1.54) is 16.0 Å². The number of rotatable bonds is 7. The van der Waals surface area contributed by atoms with Crippen molar-refractivity contribution in [3.63, 3.8) is 0 Å². The van der Waals surface area contributed by atoms with E-state index in [4.69, 9.17) is 4.74 Å². The minimum absolute atomic E-state index is 0.247. The average molecular weight is 289 g/mol. The second-order valence-corrected chi connectivity index (χ2v) is 5.96. The maximum atomic E-state index is 5.75. The SMILES string of the molecule is CCCOc1cccc(C(NCC)c2ccsc2C)c1. The molecule has 0 radical (unpaired) electrons. The van der Waals surface area contributed by atoms with E-state index in [1.807, 2.05) is 6.07 Å². The summed E-state index contributed by atoms with van der Waals surface area (Å²) in [5.41, 5.74) is 2.63. The van der Waals surface area contributed by atoms with Gasteiger partial charge in [0, 0.05) is 4.88 Å². The van der Waals surface area contributed by atoms with Crippen molar-refractivity contribution in [3.8, 4) is 5.75 Å². The van der Waals surface area contributed by atoms with Crippen LogP contribution in [0.3, 0.4) is 0 Å². The number of ether oxygens (including phenoxy) is 1. The van der Waals surface area contributed by atoms with Crippen LogP contribution in [0.15, 0.2) is 35.7 Å². The fourth-order valence-electron chi connectivity index (χ4n) is 2.31. The van der Waals surface area contributed by atoms with Crippen LogP contribution < -0.4 is 10.1 Å². The van der Waals surface area contributed by atoms with Gasteiger partial charge in [0.25, 0.3) is 0 Å². The van der Waals surface area contributed by atoms with Crippen LogP contribution in [0.4, 0.5) is 0 Å². The first-order valence-electron chi connectivity index (χ1n) is 7.26. The lowest BCUT2D eigenvalue weighted by Crippen LogP contribution is -2.22. The standard InChI is InChI=1S/C17H23NOS/c1-4-10-19-15-8-6-7-14(12-15)17(18-5-2)16-9-11-20-13(16)3/h6-9,11-12,17-18H,4-5,10H2,1-3H3. The molecule has 3 heteroatoms. The second-order valence-electron chi connectivity index (χ2n) is 4.84. The molecule has 0 amide bonds. The van der Waals surface area contributed by atoms with Gasteiger partial charge in [0.15, 0.2) is 0 Å². The van der Waals surface area contributed by atoms with E-state index < -0.39 is 0 Å². The highest BCUT2D eigenvalue weighted by Gasteiger charge is 2.16. The monoisotopic (exact) mass is 289 g/mol. The molecular weight excluding hydrogens is 266 g/mol. The van der Waals surface area contributed by atoms with Crippen LogP contribution in [0.25, 0.3) is 0 Å². The number of hydrogen-bond donors (Lipinski definition) is 1. The van der Waals surface area contributed by atoms with Crippen LogP contribution in [-0.2, 0) is 0 Å². The Morgan fingerprint density at radius 1 is 1.25 bits per heavy atom. The topological polar surface area (TPSA) is 21.3 Å². The molecule has 0 aliphatic carbocycles. The van der Waals surface area contributed by atoms with Crippen molar-refractivity contribution < 1.29 is 4.74 Å². The van der Waals surface area contributed by atoms with Gasteiger partial charge in [-0.15, -0.1) is 11.3 Å². The van der Waals surface area contributed by atoms with Crippen LogP contribution in [0.2, 0.25) is 0 Å². The average Bonchev–Trinajstić information content (AvgIpc) is 2.89. The van der Waals surface area contributed by atoms with Crippen LogP contribution in [0.5, 0.6) is 5.75 Å². The van der Waals surface area contributed by atoms with Gasteiger partial charge in [0.2, 0.25) is 0 Å². The Morgan fingerprint density at radius 3 is 2.75 bits per heavy atom. The van der Waals surface area contributed by atoms with Crippen LogP contribution in [-0.4, -0.2) is 13.2 Å².